The molecule has 1 saturated heterocycles. The van der Waals surface area contributed by atoms with Crippen LogP contribution in [-0.4, -0.2) is 74.2 Å². The van der Waals surface area contributed by atoms with E-state index in [0.717, 1.165) is 0 Å². The van der Waals surface area contributed by atoms with Gasteiger partial charge in [-0.25, -0.2) is 9.67 Å². The molecule has 0 radical (unpaired) electrons. The third-order valence-electron chi connectivity index (χ3n) is 5.96. The van der Waals surface area contributed by atoms with Crippen LogP contribution in [0.4, 0.5) is 5.95 Å². The lowest BCUT2D eigenvalue weighted by molar-refractivity contribution is 0.0300. The number of rotatable bonds is 6. The van der Waals surface area contributed by atoms with Gasteiger partial charge in [0.05, 0.1) is 18.7 Å². The Hall–Kier alpha value is -3.87. The second kappa shape index (κ2) is 9.06. The summed E-state index contributed by atoms with van der Waals surface area (Å²) in [7, 11) is 1.55. The van der Waals surface area contributed by atoms with E-state index in [9.17, 15) is 9.90 Å². The van der Waals surface area contributed by atoms with Crippen LogP contribution >= 0.6 is 0 Å². The fourth-order valence-electron chi connectivity index (χ4n) is 4.05. The molecule has 3 N–H and O–H groups in total. The van der Waals surface area contributed by atoms with Crippen LogP contribution in [0.1, 0.15) is 34.4 Å². The van der Waals surface area contributed by atoms with E-state index in [1.54, 1.807) is 49.3 Å². The van der Waals surface area contributed by atoms with Crippen LogP contribution < -0.4 is 5.73 Å². The standard InChI is InChI=1S/C23H25N7O5/c1-23(32,18-12-15(13-33-2)35-28-18)14-3-4-16-17(11-14)30(19-5-6-25-22(24)26-19)27-20(16)21(31)29-7-9-34-10-8-29/h3-6,11-12,32H,7-10,13H2,1-2H3,(H2,24,25,26). The first-order valence-electron chi connectivity index (χ1n) is 11.0. The molecule has 1 amide bonds. The van der Waals surface area contributed by atoms with Crippen molar-refractivity contribution in [2.45, 2.75) is 19.1 Å². The first-order chi connectivity index (χ1) is 16.9. The molecule has 0 spiro atoms. The maximum absolute atomic E-state index is 13.3. The van der Waals surface area contributed by atoms with E-state index in [1.165, 1.54) is 10.9 Å². The molecule has 1 aliphatic heterocycles. The van der Waals surface area contributed by atoms with E-state index in [2.05, 4.69) is 20.2 Å². The van der Waals surface area contributed by atoms with Gasteiger partial charge >= 0.3 is 0 Å². The van der Waals surface area contributed by atoms with Gasteiger partial charge in [0.2, 0.25) is 5.95 Å². The molecule has 3 aromatic heterocycles. The molecular weight excluding hydrogens is 454 g/mol. The van der Waals surface area contributed by atoms with E-state index in [1.807, 2.05) is 0 Å². The van der Waals surface area contributed by atoms with Gasteiger partial charge < -0.3 is 29.7 Å². The van der Waals surface area contributed by atoms with Crippen LogP contribution in [0.15, 0.2) is 41.1 Å². The summed E-state index contributed by atoms with van der Waals surface area (Å²) in [5, 5.41) is 20.6. The van der Waals surface area contributed by atoms with Gasteiger partial charge in [0.25, 0.3) is 5.91 Å². The van der Waals surface area contributed by atoms with Gasteiger partial charge in [-0.15, -0.1) is 0 Å². The second-order valence-electron chi connectivity index (χ2n) is 8.35. The van der Waals surface area contributed by atoms with Gasteiger partial charge in [0.1, 0.15) is 17.9 Å². The number of anilines is 1. The summed E-state index contributed by atoms with van der Waals surface area (Å²) >= 11 is 0. The van der Waals surface area contributed by atoms with Crippen molar-refractivity contribution in [3.05, 3.63) is 59.2 Å². The molecule has 0 aliphatic carbocycles. The second-order valence-corrected chi connectivity index (χ2v) is 8.35. The fraction of sp³-hybridized carbons (Fsp3) is 0.348. The molecule has 1 fully saturated rings. The van der Waals surface area contributed by atoms with E-state index >= 15 is 0 Å². The molecule has 1 aromatic carbocycles. The number of nitrogens with two attached hydrogens (primary N) is 1. The van der Waals surface area contributed by atoms with Gasteiger partial charge in [-0.1, -0.05) is 11.2 Å². The molecule has 5 rings (SSSR count). The van der Waals surface area contributed by atoms with E-state index in [4.69, 9.17) is 19.7 Å². The molecule has 35 heavy (non-hydrogen) atoms. The average molecular weight is 479 g/mol. The van der Waals surface area contributed by atoms with Crippen molar-refractivity contribution in [2.75, 3.05) is 39.1 Å². The minimum atomic E-state index is -1.49. The molecular formula is C23H25N7O5. The summed E-state index contributed by atoms with van der Waals surface area (Å²) in [4.78, 5) is 23.3. The number of hydrogen-bond donors (Lipinski definition) is 2. The third-order valence-corrected chi connectivity index (χ3v) is 5.96. The highest BCUT2D eigenvalue weighted by molar-refractivity contribution is 6.05. The highest BCUT2D eigenvalue weighted by atomic mass is 16.5. The molecule has 12 nitrogen and oxygen atoms in total. The molecule has 12 heteroatoms. The summed E-state index contributed by atoms with van der Waals surface area (Å²) in [6, 6.07) is 8.54. The van der Waals surface area contributed by atoms with Crippen molar-refractivity contribution in [3.8, 4) is 5.82 Å². The molecule has 1 unspecified atom stereocenters. The van der Waals surface area contributed by atoms with Crippen LogP contribution in [0, 0.1) is 0 Å². The topological polar surface area (TPSA) is 155 Å². The van der Waals surface area contributed by atoms with Gasteiger partial charge in [0.15, 0.2) is 17.3 Å². The Morgan fingerprint density at radius 1 is 1.26 bits per heavy atom. The molecule has 4 aromatic rings. The zero-order valence-electron chi connectivity index (χ0n) is 19.3. The zero-order chi connectivity index (χ0) is 24.6. The largest absolute Gasteiger partial charge is 0.379 e. The number of ether oxygens (including phenoxy) is 2. The van der Waals surface area contributed by atoms with E-state index in [0.29, 0.717) is 60.0 Å². The summed E-state index contributed by atoms with van der Waals surface area (Å²) in [5.41, 5.74) is 6.00. The third kappa shape index (κ3) is 4.22. The minimum absolute atomic E-state index is 0.0728. The van der Waals surface area contributed by atoms with Gasteiger partial charge in [-0.05, 0) is 24.6 Å². The normalized spacial score (nSPS) is 15.9. The van der Waals surface area contributed by atoms with Crippen molar-refractivity contribution < 1.29 is 23.9 Å². The predicted molar refractivity (Wildman–Crippen MR) is 124 cm³/mol. The number of carbonyl (C=O) groups excluding carboxylic acids is 1. The summed E-state index contributed by atoms with van der Waals surface area (Å²) in [5.74, 6) is 0.746. The van der Waals surface area contributed by atoms with Crippen LogP contribution in [0.5, 0.6) is 0 Å². The number of methoxy groups -OCH3 is 1. The molecule has 1 aliphatic rings. The van der Waals surface area contributed by atoms with E-state index in [-0.39, 0.29) is 24.2 Å². The Labute approximate surface area is 200 Å². The Bertz CT molecular complexity index is 1370. The van der Waals surface area contributed by atoms with Crippen molar-refractivity contribution in [1.82, 2.24) is 29.8 Å². The lowest BCUT2D eigenvalue weighted by atomic mass is 9.91. The lowest BCUT2D eigenvalue weighted by Crippen LogP contribution is -2.41. The molecule has 1 atom stereocenters. The monoisotopic (exact) mass is 479 g/mol. The Balaban J connectivity index is 1.63. The highest BCUT2D eigenvalue weighted by Gasteiger charge is 2.32. The van der Waals surface area contributed by atoms with Crippen LogP contribution in [0.3, 0.4) is 0 Å². The summed E-state index contributed by atoms with van der Waals surface area (Å²) < 4.78 is 17.2. The summed E-state index contributed by atoms with van der Waals surface area (Å²) in [6.45, 7) is 3.76. The average Bonchev–Trinajstić information content (AvgIpc) is 3.49. The quantitative estimate of drug-likeness (QED) is 0.413. The SMILES string of the molecule is COCc1cc(C(C)(O)c2ccc3c(C(=O)N4CCOCC4)nn(-c4ccnc(N)n4)c3c2)no1. The van der Waals surface area contributed by atoms with Crippen molar-refractivity contribution in [3.63, 3.8) is 0 Å². The number of aliphatic hydroxyl groups is 1. The number of aromatic nitrogens is 5. The first-order valence-corrected chi connectivity index (χ1v) is 11.0. The van der Waals surface area contributed by atoms with Crippen LogP contribution in [-0.2, 0) is 21.7 Å². The van der Waals surface area contributed by atoms with Gasteiger partial charge in [-0.3, -0.25) is 4.79 Å². The fourth-order valence-corrected chi connectivity index (χ4v) is 4.05. The summed E-state index contributed by atoms with van der Waals surface area (Å²) in [6.07, 6.45) is 1.52. The number of fused-ring (bicyclic) bond motifs is 1. The van der Waals surface area contributed by atoms with E-state index < -0.39 is 5.60 Å². The molecule has 4 heterocycles. The van der Waals surface area contributed by atoms with Gasteiger partial charge in [0, 0.05) is 43.9 Å². The maximum atomic E-state index is 13.3. The van der Waals surface area contributed by atoms with Crippen molar-refractivity contribution in [1.29, 1.82) is 0 Å². The minimum Gasteiger partial charge on any atom is -0.379 e. The van der Waals surface area contributed by atoms with Crippen molar-refractivity contribution in [2.24, 2.45) is 0 Å². The van der Waals surface area contributed by atoms with Crippen LogP contribution in [0.25, 0.3) is 16.7 Å². The Morgan fingerprint density at radius 3 is 2.80 bits per heavy atom. The van der Waals surface area contributed by atoms with Crippen molar-refractivity contribution >= 4 is 22.8 Å². The lowest BCUT2D eigenvalue weighted by Gasteiger charge is -2.26. The Kier molecular flexibility index (Phi) is 5.93. The number of benzene rings is 1. The molecule has 182 valence electrons. The zero-order valence-corrected chi connectivity index (χ0v) is 19.3. The highest BCUT2D eigenvalue weighted by Crippen LogP contribution is 2.33. The first kappa shape index (κ1) is 22.9. The number of hydrogen-bond acceptors (Lipinski definition) is 10. The number of nitrogen functional groups attached to an aromatic ring is 1. The molecule has 0 saturated carbocycles. The number of carbonyl (C=O) groups is 1. The van der Waals surface area contributed by atoms with Gasteiger partial charge in [-0.2, -0.15) is 10.1 Å². The Morgan fingerprint density at radius 2 is 2.06 bits per heavy atom. The number of amides is 1. The maximum Gasteiger partial charge on any atom is 0.275 e. The molecule has 0 bridgehead atoms. The number of nitrogens with zero attached hydrogens (tertiary/aromatic N) is 6. The number of morpholine rings is 1. The smallest absolute Gasteiger partial charge is 0.275 e. The van der Waals surface area contributed by atoms with Crippen LogP contribution in [0.2, 0.25) is 0 Å². The predicted octanol–water partition coefficient (Wildman–Crippen LogP) is 1.26.